The fraction of sp³-hybridized carbons (Fsp3) is 0.600. The first-order valence-electron chi connectivity index (χ1n) is 6.56. The van der Waals surface area contributed by atoms with Gasteiger partial charge in [-0.05, 0) is 37.5 Å². The third kappa shape index (κ3) is 4.11. The Morgan fingerprint density at radius 1 is 1.26 bits per heavy atom. The molecule has 1 rings (SSSR count). The molecule has 3 N–H and O–H groups in total. The maximum atomic E-state index is 10.2. The second kappa shape index (κ2) is 6.26. The summed E-state index contributed by atoms with van der Waals surface area (Å²) >= 11 is 0. The van der Waals surface area contributed by atoms with Crippen molar-refractivity contribution in [2.45, 2.75) is 39.3 Å². The van der Waals surface area contributed by atoms with Gasteiger partial charge in [-0.3, -0.25) is 0 Å². The monoisotopic (exact) mass is 267 g/mol. The molecule has 0 aliphatic heterocycles. The van der Waals surface area contributed by atoms with E-state index in [1.807, 2.05) is 39.0 Å². The number of hydrogen-bond donors (Lipinski definition) is 2. The smallest absolute Gasteiger partial charge is 0.161 e. The van der Waals surface area contributed by atoms with E-state index in [1.165, 1.54) is 0 Å². The van der Waals surface area contributed by atoms with Crippen LogP contribution < -0.4 is 15.2 Å². The minimum Gasteiger partial charge on any atom is -0.493 e. The van der Waals surface area contributed by atoms with Crippen molar-refractivity contribution in [3.63, 3.8) is 0 Å². The first kappa shape index (κ1) is 15.8. The van der Waals surface area contributed by atoms with Crippen LogP contribution in [-0.4, -0.2) is 24.4 Å². The molecule has 0 radical (unpaired) electrons. The van der Waals surface area contributed by atoms with Crippen molar-refractivity contribution in [2.24, 2.45) is 11.7 Å². The van der Waals surface area contributed by atoms with Crippen molar-refractivity contribution in [3.8, 4) is 11.5 Å². The number of benzene rings is 1. The van der Waals surface area contributed by atoms with E-state index in [1.54, 1.807) is 14.0 Å². The van der Waals surface area contributed by atoms with E-state index < -0.39 is 5.60 Å². The predicted octanol–water partition coefficient (Wildman–Crippen LogP) is 2.50. The Balaban J connectivity index is 2.84. The average Bonchev–Trinajstić information content (AvgIpc) is 2.35. The van der Waals surface area contributed by atoms with Crippen molar-refractivity contribution in [1.82, 2.24) is 0 Å². The molecule has 0 fully saturated rings. The summed E-state index contributed by atoms with van der Waals surface area (Å²) in [6.45, 7) is 7.82. The zero-order valence-electron chi connectivity index (χ0n) is 12.4. The molecule has 0 aliphatic rings. The second-order valence-electron chi connectivity index (χ2n) is 5.50. The Bertz CT molecular complexity index is 414. The molecule has 1 unspecified atom stereocenters. The van der Waals surface area contributed by atoms with Gasteiger partial charge in [-0.1, -0.05) is 19.9 Å². The minimum absolute atomic E-state index is 0.0540. The van der Waals surface area contributed by atoms with Crippen LogP contribution in [0.3, 0.4) is 0 Å². The van der Waals surface area contributed by atoms with E-state index in [2.05, 4.69) is 0 Å². The van der Waals surface area contributed by atoms with Crippen LogP contribution >= 0.6 is 0 Å². The highest BCUT2D eigenvalue weighted by Crippen LogP contribution is 2.31. The average molecular weight is 267 g/mol. The summed E-state index contributed by atoms with van der Waals surface area (Å²) in [5.41, 5.74) is 5.95. The Kier molecular flexibility index (Phi) is 5.20. The van der Waals surface area contributed by atoms with Gasteiger partial charge in [-0.2, -0.15) is 0 Å². The topological polar surface area (TPSA) is 64.7 Å². The second-order valence-corrected chi connectivity index (χ2v) is 5.50. The molecule has 4 heteroatoms. The third-order valence-electron chi connectivity index (χ3n) is 3.48. The summed E-state index contributed by atoms with van der Waals surface area (Å²) < 4.78 is 11.0. The van der Waals surface area contributed by atoms with Crippen molar-refractivity contribution in [1.29, 1.82) is 0 Å². The van der Waals surface area contributed by atoms with Crippen LogP contribution in [0.1, 0.15) is 39.3 Å². The molecule has 0 saturated carbocycles. The molecule has 1 aromatic carbocycles. The maximum absolute atomic E-state index is 10.2. The number of nitrogens with two attached hydrogens (primary N) is 1. The quantitative estimate of drug-likeness (QED) is 0.831. The molecule has 108 valence electrons. The van der Waals surface area contributed by atoms with Crippen molar-refractivity contribution >= 4 is 0 Å². The van der Waals surface area contributed by atoms with E-state index >= 15 is 0 Å². The normalized spacial score (nSPS) is 16.0. The van der Waals surface area contributed by atoms with Crippen LogP contribution in [0.4, 0.5) is 0 Å². The van der Waals surface area contributed by atoms with Gasteiger partial charge in [0, 0.05) is 6.04 Å². The van der Waals surface area contributed by atoms with Crippen LogP contribution in [0.5, 0.6) is 11.5 Å². The summed E-state index contributed by atoms with van der Waals surface area (Å²) in [4.78, 5) is 0. The van der Waals surface area contributed by atoms with Gasteiger partial charge in [-0.15, -0.1) is 0 Å². The van der Waals surface area contributed by atoms with Crippen LogP contribution in [0.2, 0.25) is 0 Å². The molecule has 2 atom stereocenters. The molecule has 0 spiro atoms. The lowest BCUT2D eigenvalue weighted by Gasteiger charge is -2.27. The highest BCUT2D eigenvalue weighted by Gasteiger charge is 2.26. The lowest BCUT2D eigenvalue weighted by Crippen LogP contribution is -2.37. The molecule has 0 saturated heterocycles. The number of methoxy groups -OCH3 is 1. The standard InChI is InChI=1S/C15H25NO3/c1-10(2)15(4,17)9-19-13-7-6-12(11(3)16)8-14(13)18-5/h6-8,10-11,17H,9,16H2,1-5H3/t11-,15?/m1/s1. The summed E-state index contributed by atoms with van der Waals surface area (Å²) in [7, 11) is 1.59. The fourth-order valence-electron chi connectivity index (χ4n) is 1.48. The Morgan fingerprint density at radius 2 is 1.89 bits per heavy atom. The van der Waals surface area contributed by atoms with E-state index in [0.717, 1.165) is 5.56 Å². The van der Waals surface area contributed by atoms with Gasteiger partial charge in [0.15, 0.2) is 11.5 Å². The van der Waals surface area contributed by atoms with Gasteiger partial charge in [-0.25, -0.2) is 0 Å². The molecule has 0 amide bonds. The Hall–Kier alpha value is -1.26. The van der Waals surface area contributed by atoms with Gasteiger partial charge >= 0.3 is 0 Å². The number of aliphatic hydroxyl groups is 1. The third-order valence-corrected chi connectivity index (χ3v) is 3.48. The summed E-state index contributed by atoms with van der Waals surface area (Å²) in [6.07, 6.45) is 0. The van der Waals surface area contributed by atoms with Gasteiger partial charge in [0.2, 0.25) is 0 Å². The predicted molar refractivity (Wildman–Crippen MR) is 76.6 cm³/mol. The van der Waals surface area contributed by atoms with Gasteiger partial charge in [0.1, 0.15) is 6.61 Å². The fourth-order valence-corrected chi connectivity index (χ4v) is 1.48. The highest BCUT2D eigenvalue weighted by molar-refractivity contribution is 5.43. The van der Waals surface area contributed by atoms with E-state index in [9.17, 15) is 5.11 Å². The zero-order valence-corrected chi connectivity index (χ0v) is 12.4. The number of rotatable bonds is 6. The van der Waals surface area contributed by atoms with Gasteiger partial charge in [0.25, 0.3) is 0 Å². The van der Waals surface area contributed by atoms with E-state index in [0.29, 0.717) is 11.5 Å². The molecule has 4 nitrogen and oxygen atoms in total. The molecular weight excluding hydrogens is 242 g/mol. The molecule has 0 heterocycles. The van der Waals surface area contributed by atoms with Crippen molar-refractivity contribution < 1.29 is 14.6 Å². The number of ether oxygens (including phenoxy) is 2. The lowest BCUT2D eigenvalue weighted by atomic mass is 9.94. The molecule has 0 aromatic heterocycles. The first-order valence-corrected chi connectivity index (χ1v) is 6.56. The van der Waals surface area contributed by atoms with Gasteiger partial charge < -0.3 is 20.3 Å². The van der Waals surface area contributed by atoms with Gasteiger partial charge in [0.05, 0.1) is 12.7 Å². The van der Waals surface area contributed by atoms with Crippen LogP contribution in [0.15, 0.2) is 18.2 Å². The highest BCUT2D eigenvalue weighted by atomic mass is 16.5. The Labute approximate surface area is 115 Å². The van der Waals surface area contributed by atoms with Crippen LogP contribution in [0.25, 0.3) is 0 Å². The largest absolute Gasteiger partial charge is 0.493 e. The maximum Gasteiger partial charge on any atom is 0.161 e. The van der Waals surface area contributed by atoms with Crippen molar-refractivity contribution in [3.05, 3.63) is 23.8 Å². The van der Waals surface area contributed by atoms with Crippen molar-refractivity contribution in [2.75, 3.05) is 13.7 Å². The molecular formula is C15H25NO3. The van der Waals surface area contributed by atoms with Crippen LogP contribution in [-0.2, 0) is 0 Å². The first-order chi connectivity index (χ1) is 8.77. The van der Waals surface area contributed by atoms with E-state index in [4.69, 9.17) is 15.2 Å². The zero-order chi connectivity index (χ0) is 14.6. The minimum atomic E-state index is -0.870. The van der Waals surface area contributed by atoms with Crippen LogP contribution in [0, 0.1) is 5.92 Å². The SMILES string of the molecule is COc1cc([C@@H](C)N)ccc1OCC(C)(O)C(C)C. The lowest BCUT2D eigenvalue weighted by molar-refractivity contribution is -0.0271. The molecule has 0 bridgehead atoms. The molecule has 0 aliphatic carbocycles. The number of hydrogen-bond acceptors (Lipinski definition) is 4. The summed E-state index contributed by atoms with van der Waals surface area (Å²) in [5, 5.41) is 10.2. The van der Waals surface area contributed by atoms with E-state index in [-0.39, 0.29) is 18.6 Å². The summed E-state index contributed by atoms with van der Waals surface area (Å²) in [5.74, 6) is 1.36. The summed E-state index contributed by atoms with van der Waals surface area (Å²) in [6, 6.07) is 5.55. The molecule has 1 aromatic rings. The Morgan fingerprint density at radius 3 is 2.37 bits per heavy atom. The molecule has 19 heavy (non-hydrogen) atoms.